The fourth-order valence-corrected chi connectivity index (χ4v) is 4.31. The molecule has 1 N–H and O–H groups in total. The standard InChI is InChI=1S/C21H15ClN2O2S/c22-14-4-6-15(7-5-14)27-20-16-2-1-9-23-21(16)24-19(20)13-3-8-17-18(12-13)26-11-10-25-17/h1-9,12H,10-11H2,(H,23,24). The van der Waals surface area contributed by atoms with Crippen LogP contribution in [-0.2, 0) is 0 Å². The smallest absolute Gasteiger partial charge is 0.162 e. The van der Waals surface area contributed by atoms with E-state index in [9.17, 15) is 0 Å². The monoisotopic (exact) mass is 394 g/mol. The Hall–Kier alpha value is -2.63. The van der Waals surface area contributed by atoms with Gasteiger partial charge in [-0.3, -0.25) is 0 Å². The van der Waals surface area contributed by atoms with Gasteiger partial charge in [-0.1, -0.05) is 23.4 Å². The van der Waals surface area contributed by atoms with Crippen molar-refractivity contribution in [3.8, 4) is 22.8 Å². The molecule has 1 aliphatic rings. The minimum absolute atomic E-state index is 0.567. The van der Waals surface area contributed by atoms with Gasteiger partial charge in [0.25, 0.3) is 0 Å². The molecule has 134 valence electrons. The lowest BCUT2D eigenvalue weighted by molar-refractivity contribution is 0.171. The number of nitrogens with zero attached hydrogens (tertiary/aromatic N) is 1. The van der Waals surface area contributed by atoms with Crippen molar-refractivity contribution < 1.29 is 9.47 Å². The van der Waals surface area contributed by atoms with Crippen molar-refractivity contribution in [3.63, 3.8) is 0 Å². The highest BCUT2D eigenvalue weighted by Crippen LogP contribution is 2.43. The van der Waals surface area contributed by atoms with Gasteiger partial charge in [0, 0.05) is 32.0 Å². The number of H-pyrrole nitrogens is 1. The third-order valence-corrected chi connectivity index (χ3v) is 5.78. The van der Waals surface area contributed by atoms with E-state index in [1.807, 2.05) is 48.5 Å². The molecular formula is C21H15ClN2O2S. The zero-order valence-electron chi connectivity index (χ0n) is 14.2. The molecular weight excluding hydrogens is 380 g/mol. The minimum Gasteiger partial charge on any atom is -0.486 e. The average molecular weight is 395 g/mol. The molecule has 27 heavy (non-hydrogen) atoms. The van der Waals surface area contributed by atoms with Gasteiger partial charge >= 0.3 is 0 Å². The van der Waals surface area contributed by atoms with E-state index in [-0.39, 0.29) is 0 Å². The van der Waals surface area contributed by atoms with Crippen LogP contribution >= 0.6 is 23.4 Å². The molecule has 0 saturated carbocycles. The van der Waals surface area contributed by atoms with Gasteiger partial charge in [0.15, 0.2) is 11.5 Å². The normalized spacial score (nSPS) is 13.1. The minimum atomic E-state index is 0.567. The van der Waals surface area contributed by atoms with Gasteiger partial charge in [-0.2, -0.15) is 0 Å². The quantitative estimate of drug-likeness (QED) is 0.476. The van der Waals surface area contributed by atoms with Crippen molar-refractivity contribution in [3.05, 3.63) is 65.8 Å². The Labute approximate surface area is 165 Å². The van der Waals surface area contributed by atoms with E-state index >= 15 is 0 Å². The van der Waals surface area contributed by atoms with Gasteiger partial charge in [0.05, 0.1) is 5.69 Å². The Morgan fingerprint density at radius 1 is 0.963 bits per heavy atom. The summed E-state index contributed by atoms with van der Waals surface area (Å²) in [5.74, 6) is 1.55. The number of nitrogens with one attached hydrogen (secondary N) is 1. The van der Waals surface area contributed by atoms with Crippen LogP contribution in [0.5, 0.6) is 11.5 Å². The van der Waals surface area contributed by atoms with E-state index in [1.54, 1.807) is 18.0 Å². The number of benzene rings is 2. The van der Waals surface area contributed by atoms with E-state index in [1.165, 1.54) is 0 Å². The van der Waals surface area contributed by atoms with E-state index < -0.39 is 0 Å². The summed E-state index contributed by atoms with van der Waals surface area (Å²) in [7, 11) is 0. The van der Waals surface area contributed by atoms with Gasteiger partial charge in [-0.25, -0.2) is 4.98 Å². The number of ether oxygens (including phenoxy) is 2. The SMILES string of the molecule is Clc1ccc(Sc2c(-c3ccc4c(c3)OCCO4)[nH]c3ncccc23)cc1. The molecule has 0 unspecified atom stereocenters. The largest absolute Gasteiger partial charge is 0.486 e. The molecule has 0 radical (unpaired) electrons. The van der Waals surface area contributed by atoms with Crippen LogP contribution in [0.2, 0.25) is 5.02 Å². The van der Waals surface area contributed by atoms with Crippen LogP contribution in [0.4, 0.5) is 0 Å². The topological polar surface area (TPSA) is 47.1 Å². The summed E-state index contributed by atoms with van der Waals surface area (Å²) in [4.78, 5) is 10.2. The van der Waals surface area contributed by atoms with Crippen molar-refractivity contribution in [1.29, 1.82) is 0 Å². The number of aromatic amines is 1. The number of hydrogen-bond donors (Lipinski definition) is 1. The van der Waals surface area contributed by atoms with Crippen LogP contribution in [0.25, 0.3) is 22.3 Å². The maximum absolute atomic E-state index is 6.03. The molecule has 0 spiro atoms. The van der Waals surface area contributed by atoms with Gasteiger partial charge < -0.3 is 14.5 Å². The van der Waals surface area contributed by atoms with Crippen molar-refractivity contribution in [2.75, 3.05) is 13.2 Å². The lowest BCUT2D eigenvalue weighted by Crippen LogP contribution is -2.15. The number of aromatic nitrogens is 2. The Morgan fingerprint density at radius 3 is 2.63 bits per heavy atom. The predicted octanol–water partition coefficient (Wildman–Crippen LogP) is 5.81. The highest BCUT2D eigenvalue weighted by Gasteiger charge is 2.18. The first-order valence-electron chi connectivity index (χ1n) is 8.58. The zero-order valence-corrected chi connectivity index (χ0v) is 15.8. The molecule has 4 aromatic rings. The molecule has 0 bridgehead atoms. The second kappa shape index (κ2) is 6.83. The Morgan fingerprint density at radius 2 is 1.78 bits per heavy atom. The maximum atomic E-state index is 6.03. The van der Waals surface area contributed by atoms with Gasteiger partial charge in [0.2, 0.25) is 0 Å². The molecule has 0 fully saturated rings. The molecule has 3 heterocycles. The number of pyridine rings is 1. The summed E-state index contributed by atoms with van der Waals surface area (Å²) in [5.41, 5.74) is 2.91. The number of hydrogen-bond acceptors (Lipinski definition) is 4. The second-order valence-corrected chi connectivity index (χ2v) is 7.66. The summed E-state index contributed by atoms with van der Waals surface area (Å²) in [6.45, 7) is 1.15. The summed E-state index contributed by atoms with van der Waals surface area (Å²) in [5, 5.41) is 1.81. The second-order valence-electron chi connectivity index (χ2n) is 6.14. The summed E-state index contributed by atoms with van der Waals surface area (Å²) >= 11 is 7.72. The van der Waals surface area contributed by atoms with Crippen LogP contribution in [0, 0.1) is 0 Å². The average Bonchev–Trinajstić information content (AvgIpc) is 3.08. The van der Waals surface area contributed by atoms with Crippen LogP contribution in [-0.4, -0.2) is 23.2 Å². The van der Waals surface area contributed by atoms with Crippen molar-refractivity contribution in [2.24, 2.45) is 0 Å². The Kier molecular flexibility index (Phi) is 4.19. The van der Waals surface area contributed by atoms with Gasteiger partial charge in [-0.15, -0.1) is 0 Å². The molecule has 0 aliphatic carbocycles. The molecule has 0 amide bonds. The van der Waals surface area contributed by atoms with E-state index in [4.69, 9.17) is 21.1 Å². The molecule has 2 aromatic heterocycles. The first kappa shape index (κ1) is 16.5. The highest BCUT2D eigenvalue weighted by molar-refractivity contribution is 7.99. The molecule has 6 heteroatoms. The molecule has 2 aromatic carbocycles. The summed E-state index contributed by atoms with van der Waals surface area (Å²) in [6.07, 6.45) is 1.79. The molecule has 0 atom stereocenters. The van der Waals surface area contributed by atoms with Crippen molar-refractivity contribution >= 4 is 34.4 Å². The predicted molar refractivity (Wildman–Crippen MR) is 108 cm³/mol. The lowest BCUT2D eigenvalue weighted by atomic mass is 10.1. The highest BCUT2D eigenvalue weighted by atomic mass is 35.5. The summed E-state index contributed by atoms with van der Waals surface area (Å²) in [6, 6.07) is 17.9. The number of fused-ring (bicyclic) bond motifs is 2. The fourth-order valence-electron chi connectivity index (χ4n) is 3.13. The lowest BCUT2D eigenvalue weighted by Gasteiger charge is -2.19. The zero-order chi connectivity index (χ0) is 18.2. The summed E-state index contributed by atoms with van der Waals surface area (Å²) < 4.78 is 11.4. The molecule has 5 rings (SSSR count). The first-order valence-corrected chi connectivity index (χ1v) is 9.77. The third-order valence-electron chi connectivity index (χ3n) is 4.39. The third kappa shape index (κ3) is 3.13. The molecule has 1 aliphatic heterocycles. The maximum Gasteiger partial charge on any atom is 0.162 e. The van der Waals surface area contributed by atoms with Crippen molar-refractivity contribution in [1.82, 2.24) is 9.97 Å². The van der Waals surface area contributed by atoms with Crippen LogP contribution in [0.15, 0.2) is 70.6 Å². The number of halogens is 1. The first-order chi connectivity index (χ1) is 13.3. The van der Waals surface area contributed by atoms with Gasteiger partial charge in [0.1, 0.15) is 18.9 Å². The Bertz CT molecular complexity index is 1120. The van der Waals surface area contributed by atoms with E-state index in [0.29, 0.717) is 13.2 Å². The Balaban J connectivity index is 1.64. The number of rotatable bonds is 3. The molecule has 0 saturated heterocycles. The van der Waals surface area contributed by atoms with E-state index in [2.05, 4.69) is 16.0 Å². The van der Waals surface area contributed by atoms with Crippen LogP contribution in [0.1, 0.15) is 0 Å². The van der Waals surface area contributed by atoms with Crippen LogP contribution < -0.4 is 9.47 Å². The fraction of sp³-hybridized carbons (Fsp3) is 0.0952. The van der Waals surface area contributed by atoms with Gasteiger partial charge in [-0.05, 0) is 54.6 Å². The molecule has 4 nitrogen and oxygen atoms in total. The van der Waals surface area contributed by atoms with E-state index in [0.717, 1.165) is 48.6 Å². The van der Waals surface area contributed by atoms with Crippen LogP contribution in [0.3, 0.4) is 0 Å². The van der Waals surface area contributed by atoms with Crippen molar-refractivity contribution in [2.45, 2.75) is 9.79 Å².